The van der Waals surface area contributed by atoms with Crippen LogP contribution in [0.2, 0.25) is 0 Å². The van der Waals surface area contributed by atoms with Crippen molar-refractivity contribution in [2.45, 2.75) is 37.6 Å². The van der Waals surface area contributed by atoms with E-state index in [4.69, 9.17) is 4.74 Å². The molecule has 3 N–H and O–H groups in total. The number of carboxylic acid groups (broad SMARTS) is 1. The van der Waals surface area contributed by atoms with Gasteiger partial charge in [0.1, 0.15) is 12.3 Å². The summed E-state index contributed by atoms with van der Waals surface area (Å²) in [6.07, 6.45) is 2.24. The van der Waals surface area contributed by atoms with Crippen LogP contribution in [0.1, 0.15) is 53.2 Å². The molecule has 2 aliphatic carbocycles. The largest absolute Gasteiger partial charge is 0.481 e. The minimum absolute atomic E-state index is 0.0524. The lowest BCUT2D eigenvalue weighted by molar-refractivity contribution is -0.143. The van der Waals surface area contributed by atoms with Gasteiger partial charge in [0.05, 0.1) is 5.92 Å². The van der Waals surface area contributed by atoms with E-state index in [2.05, 4.69) is 27.8 Å². The lowest BCUT2D eigenvalue weighted by atomic mass is 9.84. The quantitative estimate of drug-likeness (QED) is 0.453. The number of hydrogen-bond acceptors (Lipinski definition) is 6. The van der Waals surface area contributed by atoms with Crippen LogP contribution in [-0.2, 0) is 9.53 Å². The van der Waals surface area contributed by atoms with E-state index in [1.807, 2.05) is 36.4 Å². The zero-order valence-corrected chi connectivity index (χ0v) is 19.7. The molecule has 1 saturated carbocycles. The first-order chi connectivity index (χ1) is 17.0. The van der Waals surface area contributed by atoms with E-state index in [1.165, 1.54) is 5.38 Å². The number of anilines is 1. The molecular formula is C26H25N3O5S. The van der Waals surface area contributed by atoms with Gasteiger partial charge in [0, 0.05) is 17.3 Å². The normalized spacial score (nSPS) is 18.9. The SMILES string of the molecule is O=C(Nc1nc(C(=O)N[C@@H]2CCCC[C@@H]2C(=O)O)cs1)OCC1c2ccccc2-c2ccccc21. The number of nitrogens with zero attached hydrogens (tertiary/aromatic N) is 1. The topological polar surface area (TPSA) is 118 Å². The van der Waals surface area contributed by atoms with Gasteiger partial charge < -0.3 is 15.2 Å². The third-order valence-electron chi connectivity index (χ3n) is 6.69. The standard InChI is InChI=1S/C26H25N3O5S/c30-23(27-21-12-6-5-11-19(21)24(31)32)22-14-35-25(28-22)29-26(33)34-13-20-17-9-3-1-7-15(17)16-8-2-4-10-18(16)20/h1-4,7-10,14,19-21H,5-6,11-13H2,(H,27,30)(H,31,32)(H,28,29,33)/t19-,21+/m0/s1. The van der Waals surface area contributed by atoms with Crippen molar-refractivity contribution in [2.75, 3.05) is 11.9 Å². The molecule has 2 aromatic carbocycles. The Morgan fingerprint density at radius 1 is 1.00 bits per heavy atom. The van der Waals surface area contributed by atoms with Gasteiger partial charge in [-0.3, -0.25) is 14.9 Å². The Balaban J connectivity index is 1.19. The van der Waals surface area contributed by atoms with Gasteiger partial charge in [0.15, 0.2) is 5.13 Å². The lowest BCUT2D eigenvalue weighted by Crippen LogP contribution is -2.45. The molecule has 9 heteroatoms. The van der Waals surface area contributed by atoms with Gasteiger partial charge in [-0.2, -0.15) is 0 Å². The van der Waals surface area contributed by atoms with Crippen molar-refractivity contribution in [2.24, 2.45) is 5.92 Å². The molecule has 0 radical (unpaired) electrons. The third kappa shape index (κ3) is 4.77. The Morgan fingerprint density at radius 2 is 1.66 bits per heavy atom. The van der Waals surface area contributed by atoms with Crippen LogP contribution in [0.25, 0.3) is 11.1 Å². The smallest absolute Gasteiger partial charge is 0.413 e. The number of carboxylic acids is 1. The van der Waals surface area contributed by atoms with E-state index < -0.39 is 29.9 Å². The molecule has 1 aromatic heterocycles. The molecule has 0 spiro atoms. The molecule has 35 heavy (non-hydrogen) atoms. The molecule has 2 amide bonds. The van der Waals surface area contributed by atoms with Crippen LogP contribution < -0.4 is 10.6 Å². The van der Waals surface area contributed by atoms with E-state index in [9.17, 15) is 19.5 Å². The minimum Gasteiger partial charge on any atom is -0.481 e. The highest BCUT2D eigenvalue weighted by atomic mass is 32.1. The van der Waals surface area contributed by atoms with Gasteiger partial charge in [-0.25, -0.2) is 9.78 Å². The fourth-order valence-corrected chi connectivity index (χ4v) is 5.68. The van der Waals surface area contributed by atoms with Crippen molar-refractivity contribution >= 4 is 34.4 Å². The first kappa shape index (κ1) is 23.0. The molecule has 180 valence electrons. The summed E-state index contributed by atoms with van der Waals surface area (Å²) in [5, 5.41) is 16.6. The molecule has 0 unspecified atom stereocenters. The lowest BCUT2D eigenvalue weighted by Gasteiger charge is -2.28. The maximum atomic E-state index is 12.6. The number of fused-ring (bicyclic) bond motifs is 3. The summed E-state index contributed by atoms with van der Waals surface area (Å²) in [7, 11) is 0. The Bertz CT molecular complexity index is 1230. The summed E-state index contributed by atoms with van der Waals surface area (Å²) >= 11 is 1.11. The van der Waals surface area contributed by atoms with Crippen LogP contribution in [0.4, 0.5) is 9.93 Å². The molecule has 0 bridgehead atoms. The van der Waals surface area contributed by atoms with Gasteiger partial charge in [-0.05, 0) is 35.1 Å². The predicted octanol–water partition coefficient (Wildman–Crippen LogP) is 4.88. The summed E-state index contributed by atoms with van der Waals surface area (Å²) in [5.41, 5.74) is 4.68. The molecule has 5 rings (SSSR count). The van der Waals surface area contributed by atoms with Crippen LogP contribution in [-0.4, -0.2) is 40.7 Å². The van der Waals surface area contributed by atoms with Crippen LogP contribution >= 0.6 is 11.3 Å². The molecule has 2 atom stereocenters. The van der Waals surface area contributed by atoms with Crippen molar-refractivity contribution in [1.82, 2.24) is 10.3 Å². The van der Waals surface area contributed by atoms with Crippen molar-refractivity contribution in [1.29, 1.82) is 0 Å². The monoisotopic (exact) mass is 491 g/mol. The molecule has 0 aliphatic heterocycles. The van der Waals surface area contributed by atoms with E-state index in [1.54, 1.807) is 0 Å². The molecule has 1 fully saturated rings. The molecule has 1 heterocycles. The third-order valence-corrected chi connectivity index (χ3v) is 7.45. The zero-order chi connectivity index (χ0) is 24.4. The second-order valence-electron chi connectivity index (χ2n) is 8.80. The molecule has 3 aromatic rings. The van der Waals surface area contributed by atoms with Crippen molar-refractivity contribution in [3.05, 3.63) is 70.7 Å². The Labute approximate surface area is 206 Å². The van der Waals surface area contributed by atoms with Crippen LogP contribution in [0, 0.1) is 5.92 Å². The maximum Gasteiger partial charge on any atom is 0.413 e. The van der Waals surface area contributed by atoms with Crippen LogP contribution in [0.15, 0.2) is 53.9 Å². The number of thiazole rings is 1. The fraction of sp³-hybridized carbons (Fsp3) is 0.308. The second-order valence-corrected chi connectivity index (χ2v) is 9.66. The summed E-state index contributed by atoms with van der Waals surface area (Å²) < 4.78 is 5.53. The van der Waals surface area contributed by atoms with E-state index in [0.29, 0.717) is 12.8 Å². The minimum atomic E-state index is -0.897. The summed E-state index contributed by atoms with van der Waals surface area (Å²) in [6, 6.07) is 15.8. The van der Waals surface area contributed by atoms with Crippen molar-refractivity contribution < 1.29 is 24.2 Å². The molecular weight excluding hydrogens is 466 g/mol. The number of rotatable bonds is 6. The first-order valence-corrected chi connectivity index (χ1v) is 12.5. The van der Waals surface area contributed by atoms with Gasteiger partial charge in [-0.1, -0.05) is 61.4 Å². The number of hydrogen-bond donors (Lipinski definition) is 3. The highest BCUT2D eigenvalue weighted by Gasteiger charge is 2.32. The van der Waals surface area contributed by atoms with Crippen LogP contribution in [0.5, 0.6) is 0 Å². The van der Waals surface area contributed by atoms with Gasteiger partial charge in [-0.15, -0.1) is 11.3 Å². The number of carbonyl (C=O) groups is 3. The van der Waals surface area contributed by atoms with Gasteiger partial charge >= 0.3 is 12.1 Å². The van der Waals surface area contributed by atoms with E-state index in [0.717, 1.165) is 46.4 Å². The summed E-state index contributed by atoms with van der Waals surface area (Å²) in [5.74, 6) is -1.99. The highest BCUT2D eigenvalue weighted by molar-refractivity contribution is 7.14. The van der Waals surface area contributed by atoms with E-state index >= 15 is 0 Å². The number of aromatic nitrogens is 1. The van der Waals surface area contributed by atoms with Gasteiger partial charge in [0.25, 0.3) is 5.91 Å². The highest BCUT2D eigenvalue weighted by Crippen LogP contribution is 2.44. The average molecular weight is 492 g/mol. The number of benzene rings is 2. The fourth-order valence-electron chi connectivity index (χ4n) is 5.00. The Kier molecular flexibility index (Phi) is 6.50. The zero-order valence-electron chi connectivity index (χ0n) is 18.9. The number of amides is 2. The molecule has 8 nitrogen and oxygen atoms in total. The summed E-state index contributed by atoms with van der Waals surface area (Å²) in [6.45, 7) is 0.177. The Hall–Kier alpha value is -3.72. The maximum absolute atomic E-state index is 12.6. The van der Waals surface area contributed by atoms with Gasteiger partial charge in [0.2, 0.25) is 0 Å². The predicted molar refractivity (Wildman–Crippen MR) is 132 cm³/mol. The number of carbonyl (C=O) groups excluding carboxylic acids is 2. The van der Waals surface area contributed by atoms with E-state index in [-0.39, 0.29) is 23.4 Å². The number of nitrogens with one attached hydrogen (secondary N) is 2. The summed E-state index contributed by atoms with van der Waals surface area (Å²) in [4.78, 5) is 40.7. The van der Waals surface area contributed by atoms with Crippen molar-refractivity contribution in [3.8, 4) is 11.1 Å². The Morgan fingerprint density at radius 3 is 2.34 bits per heavy atom. The second kappa shape index (κ2) is 9.87. The number of ether oxygens (including phenoxy) is 1. The van der Waals surface area contributed by atoms with Crippen molar-refractivity contribution in [3.63, 3.8) is 0 Å². The number of aliphatic carboxylic acids is 1. The van der Waals surface area contributed by atoms with Crippen LogP contribution in [0.3, 0.4) is 0 Å². The molecule has 2 aliphatic rings. The average Bonchev–Trinajstić information content (AvgIpc) is 3.46. The first-order valence-electron chi connectivity index (χ1n) is 11.6. The molecule has 0 saturated heterocycles.